The van der Waals surface area contributed by atoms with E-state index < -0.39 is 0 Å². The van der Waals surface area contributed by atoms with Crippen LogP contribution < -0.4 is 10.9 Å². The molecule has 0 bridgehead atoms. The second kappa shape index (κ2) is 7.92. The quantitative estimate of drug-likeness (QED) is 0.472. The van der Waals surface area contributed by atoms with E-state index in [-0.39, 0.29) is 29.8 Å². The van der Waals surface area contributed by atoms with Crippen molar-refractivity contribution in [3.8, 4) is 11.1 Å². The number of hydrogen-bond donors (Lipinski definition) is 1. The van der Waals surface area contributed by atoms with Crippen molar-refractivity contribution in [1.29, 1.82) is 0 Å². The Morgan fingerprint density at radius 1 is 1.09 bits per heavy atom. The van der Waals surface area contributed by atoms with Crippen molar-refractivity contribution in [2.24, 2.45) is 0 Å². The van der Waals surface area contributed by atoms with E-state index >= 15 is 0 Å². The van der Waals surface area contributed by atoms with Gasteiger partial charge in [0.05, 0.1) is 6.33 Å². The molecule has 2 heterocycles. The number of ketones is 1. The molecule has 160 valence electrons. The van der Waals surface area contributed by atoms with Crippen LogP contribution in [0.1, 0.15) is 36.2 Å². The molecule has 0 spiro atoms. The van der Waals surface area contributed by atoms with Gasteiger partial charge in [0.15, 0.2) is 5.78 Å². The predicted octanol–water partition coefficient (Wildman–Crippen LogP) is 4.04. The van der Waals surface area contributed by atoms with Crippen LogP contribution in [0.25, 0.3) is 22.2 Å². The van der Waals surface area contributed by atoms with Crippen LogP contribution in [0.5, 0.6) is 0 Å². The van der Waals surface area contributed by atoms with Crippen molar-refractivity contribution in [3.63, 3.8) is 0 Å². The molecule has 1 aliphatic rings. The number of aromatic nitrogens is 3. The molecule has 0 radical (unpaired) electrons. The Morgan fingerprint density at radius 3 is 2.59 bits per heavy atom. The maximum Gasteiger partial charge on any atom is 0.278 e. The zero-order valence-electron chi connectivity index (χ0n) is 17.6. The first-order valence-electron chi connectivity index (χ1n) is 10.6. The molecule has 1 N–H and O–H groups in total. The first-order chi connectivity index (χ1) is 15.5. The molecule has 0 atom stereocenters. The lowest BCUT2D eigenvalue weighted by Gasteiger charge is -2.09. The molecule has 0 aliphatic heterocycles. The second-order valence-electron chi connectivity index (χ2n) is 8.11. The number of fused-ring (bicyclic) bond motifs is 1. The number of Topliss-reactive ketones (excluding diaryl/α,β-unsaturated/α-hetero) is 1. The number of nitrogens with one attached hydrogen (secondary N) is 1. The lowest BCUT2D eigenvalue weighted by atomic mass is 10.1. The fourth-order valence-electron chi connectivity index (χ4n) is 3.93. The lowest BCUT2D eigenvalue weighted by molar-refractivity contribution is -0.116. The van der Waals surface area contributed by atoms with Crippen LogP contribution in [0.3, 0.4) is 0 Å². The summed E-state index contributed by atoms with van der Waals surface area (Å²) in [5, 5.41) is 2.83. The van der Waals surface area contributed by atoms with Crippen LogP contribution in [0, 0.1) is 0 Å². The third-order valence-corrected chi connectivity index (χ3v) is 5.69. The first-order valence-corrected chi connectivity index (χ1v) is 10.6. The summed E-state index contributed by atoms with van der Waals surface area (Å²) in [5.74, 6) is -0.361. The molecule has 32 heavy (non-hydrogen) atoms. The molecule has 0 unspecified atom stereocenters. The number of nitrogens with zero attached hydrogens (tertiary/aromatic N) is 3. The maximum atomic E-state index is 13.3. The summed E-state index contributed by atoms with van der Waals surface area (Å²) in [5.41, 5.74) is 3.68. The Hall–Kier alpha value is -4.00. The molecule has 0 saturated heterocycles. The monoisotopic (exact) mass is 426 g/mol. The van der Waals surface area contributed by atoms with Gasteiger partial charge in [-0.3, -0.25) is 19.0 Å². The van der Waals surface area contributed by atoms with Crippen LogP contribution in [0.4, 0.5) is 5.69 Å². The van der Waals surface area contributed by atoms with Gasteiger partial charge in [-0.25, -0.2) is 4.98 Å². The van der Waals surface area contributed by atoms with E-state index in [9.17, 15) is 14.4 Å². The molecule has 1 aliphatic carbocycles. The van der Waals surface area contributed by atoms with Crippen LogP contribution in [0.2, 0.25) is 0 Å². The van der Waals surface area contributed by atoms with Crippen LogP contribution in [-0.2, 0) is 11.3 Å². The van der Waals surface area contributed by atoms with Gasteiger partial charge in [-0.2, -0.15) is 0 Å². The number of carbonyl (C=O) groups is 2. The summed E-state index contributed by atoms with van der Waals surface area (Å²) in [6, 6.07) is 16.7. The Morgan fingerprint density at radius 2 is 1.88 bits per heavy atom. The number of rotatable bonds is 6. The van der Waals surface area contributed by atoms with Gasteiger partial charge in [-0.05, 0) is 37.5 Å². The highest BCUT2D eigenvalue weighted by molar-refractivity contribution is 5.98. The Kier molecular flexibility index (Phi) is 4.93. The van der Waals surface area contributed by atoms with Gasteiger partial charge in [0.1, 0.15) is 17.6 Å². The van der Waals surface area contributed by atoms with E-state index in [1.165, 1.54) is 6.92 Å². The van der Waals surface area contributed by atoms with Crippen LogP contribution in [-0.4, -0.2) is 25.8 Å². The van der Waals surface area contributed by atoms with Gasteiger partial charge >= 0.3 is 0 Å². The molecule has 5 rings (SSSR count). The molecule has 1 fully saturated rings. The molecule has 1 amide bonds. The molecule has 7 nitrogen and oxygen atoms in total. The molecular formula is C25H22N4O3. The maximum absolute atomic E-state index is 13.3. The van der Waals surface area contributed by atoms with Gasteiger partial charge in [-0.1, -0.05) is 42.5 Å². The number of amides is 1. The Balaban J connectivity index is 1.53. The highest BCUT2D eigenvalue weighted by Crippen LogP contribution is 2.34. The van der Waals surface area contributed by atoms with E-state index in [1.54, 1.807) is 39.7 Å². The van der Waals surface area contributed by atoms with Crippen LogP contribution in [0.15, 0.2) is 71.9 Å². The van der Waals surface area contributed by atoms with Crippen molar-refractivity contribution in [2.75, 3.05) is 5.32 Å². The van der Waals surface area contributed by atoms with Crippen LogP contribution >= 0.6 is 0 Å². The van der Waals surface area contributed by atoms with E-state index in [2.05, 4.69) is 10.3 Å². The minimum Gasteiger partial charge on any atom is -0.332 e. The zero-order chi connectivity index (χ0) is 22.2. The van der Waals surface area contributed by atoms with Crippen molar-refractivity contribution < 1.29 is 9.59 Å². The number of benzene rings is 2. The van der Waals surface area contributed by atoms with Crippen molar-refractivity contribution in [1.82, 2.24) is 14.1 Å². The summed E-state index contributed by atoms with van der Waals surface area (Å²) >= 11 is 0. The summed E-state index contributed by atoms with van der Waals surface area (Å²) < 4.78 is 3.35. The average Bonchev–Trinajstić information content (AvgIpc) is 3.56. The van der Waals surface area contributed by atoms with E-state index in [0.29, 0.717) is 22.3 Å². The summed E-state index contributed by atoms with van der Waals surface area (Å²) in [4.78, 5) is 42.3. The van der Waals surface area contributed by atoms with Gasteiger partial charge in [0.25, 0.3) is 5.56 Å². The highest BCUT2D eigenvalue weighted by Gasteiger charge is 2.27. The number of carbonyl (C=O) groups excluding carboxylic acids is 2. The number of anilines is 1. The second-order valence-corrected chi connectivity index (χ2v) is 8.11. The Labute approximate surface area is 184 Å². The van der Waals surface area contributed by atoms with Crippen molar-refractivity contribution in [2.45, 2.75) is 32.4 Å². The van der Waals surface area contributed by atoms with Crippen molar-refractivity contribution in [3.05, 3.63) is 83.0 Å². The minimum absolute atomic E-state index is 0.0424. The third kappa shape index (κ3) is 3.73. The molecule has 7 heteroatoms. The highest BCUT2D eigenvalue weighted by atomic mass is 16.2. The summed E-state index contributed by atoms with van der Waals surface area (Å²) in [6.07, 6.45) is 5.36. The molecular weight excluding hydrogens is 404 g/mol. The van der Waals surface area contributed by atoms with E-state index in [1.807, 2.05) is 36.5 Å². The lowest BCUT2D eigenvalue weighted by Crippen LogP contribution is -2.24. The van der Waals surface area contributed by atoms with E-state index in [0.717, 1.165) is 24.0 Å². The summed E-state index contributed by atoms with van der Waals surface area (Å²) in [7, 11) is 0. The standard InChI is InChI=1S/C25H22N4O3/c1-16(30)18-8-5-9-19(12-18)27-22(31)14-28-13-21(17-6-3-2-4-7-17)23-24(28)25(32)29(15-26-23)20-10-11-20/h2-9,12-13,15,20H,10-11,14H2,1H3,(H,27,31). The van der Waals surface area contributed by atoms with Gasteiger partial charge in [0, 0.05) is 29.1 Å². The number of hydrogen-bond acceptors (Lipinski definition) is 4. The van der Waals surface area contributed by atoms with Gasteiger partial charge < -0.3 is 9.88 Å². The minimum atomic E-state index is -0.288. The molecule has 2 aromatic heterocycles. The fraction of sp³-hybridized carbons (Fsp3) is 0.200. The van der Waals surface area contributed by atoms with Crippen molar-refractivity contribution >= 4 is 28.4 Å². The first kappa shape index (κ1) is 19.9. The zero-order valence-corrected chi connectivity index (χ0v) is 17.6. The topological polar surface area (TPSA) is 86.0 Å². The smallest absolute Gasteiger partial charge is 0.278 e. The van der Waals surface area contributed by atoms with Gasteiger partial charge in [0.2, 0.25) is 5.91 Å². The normalized spacial score (nSPS) is 13.3. The molecule has 4 aromatic rings. The average molecular weight is 426 g/mol. The third-order valence-electron chi connectivity index (χ3n) is 5.69. The Bertz CT molecular complexity index is 1400. The predicted molar refractivity (Wildman–Crippen MR) is 123 cm³/mol. The summed E-state index contributed by atoms with van der Waals surface area (Å²) in [6.45, 7) is 1.44. The molecule has 2 aromatic carbocycles. The van der Waals surface area contributed by atoms with Gasteiger partial charge in [-0.15, -0.1) is 0 Å². The van der Waals surface area contributed by atoms with E-state index in [4.69, 9.17) is 0 Å². The SMILES string of the molecule is CC(=O)c1cccc(NC(=O)Cn2cc(-c3ccccc3)c3ncn(C4CC4)c(=O)c32)c1. The largest absolute Gasteiger partial charge is 0.332 e. The fourth-order valence-corrected chi connectivity index (χ4v) is 3.93. The molecule has 1 saturated carbocycles.